The summed E-state index contributed by atoms with van der Waals surface area (Å²) in [5.74, 6) is 1.43. The average Bonchev–Trinajstić information content (AvgIpc) is 3.16. The Morgan fingerprint density at radius 1 is 1.42 bits per heavy atom. The molecule has 0 saturated heterocycles. The van der Waals surface area contributed by atoms with Gasteiger partial charge in [-0.3, -0.25) is 9.69 Å². The van der Waals surface area contributed by atoms with E-state index in [0.717, 1.165) is 46.2 Å². The number of aromatic amines is 1. The Morgan fingerprint density at radius 2 is 2.23 bits per heavy atom. The topological polar surface area (TPSA) is 49.0 Å². The summed E-state index contributed by atoms with van der Waals surface area (Å²) in [6, 6.07) is 3.99. The Labute approximate surface area is 165 Å². The van der Waals surface area contributed by atoms with E-state index < -0.39 is 0 Å². The van der Waals surface area contributed by atoms with Gasteiger partial charge in [-0.1, -0.05) is 18.5 Å². The van der Waals surface area contributed by atoms with E-state index in [1.165, 1.54) is 15.3 Å². The van der Waals surface area contributed by atoms with Crippen LogP contribution in [0, 0.1) is 5.92 Å². The number of rotatable bonds is 4. The molecule has 3 heterocycles. The van der Waals surface area contributed by atoms with Gasteiger partial charge in [0, 0.05) is 16.3 Å². The van der Waals surface area contributed by atoms with Gasteiger partial charge in [0.05, 0.1) is 15.8 Å². The first kappa shape index (κ1) is 18.2. The van der Waals surface area contributed by atoms with Gasteiger partial charge < -0.3 is 4.98 Å². The molecule has 0 fully saturated rings. The van der Waals surface area contributed by atoms with Gasteiger partial charge in [-0.05, 0) is 56.8 Å². The van der Waals surface area contributed by atoms with Crippen LogP contribution in [0.5, 0.6) is 0 Å². The zero-order chi connectivity index (χ0) is 18.4. The minimum Gasteiger partial charge on any atom is -0.309 e. The second-order valence-electron chi connectivity index (χ2n) is 7.28. The number of fused-ring (bicyclic) bond motifs is 3. The standard InChI is InChI=1S/C19H22ClN3OS2/c1-10-4-6-13-14(8-10)26-19-16(13)18(24)21-17(22-19)11(2)23(3)9-12-5-7-15(20)25-12/h5,7,10-11H,4,6,8-9H2,1-3H3,(H,21,22,24)/t10-,11+/m0/s1. The van der Waals surface area contributed by atoms with E-state index in [4.69, 9.17) is 16.6 Å². The predicted molar refractivity (Wildman–Crippen MR) is 111 cm³/mol. The molecule has 0 aliphatic heterocycles. The number of thiophene rings is 2. The number of nitrogens with one attached hydrogen (secondary N) is 1. The molecule has 0 bridgehead atoms. The second-order valence-corrected chi connectivity index (χ2v) is 10.2. The molecule has 0 unspecified atom stereocenters. The maximum atomic E-state index is 12.8. The molecule has 1 aliphatic carbocycles. The number of halogens is 1. The zero-order valence-corrected chi connectivity index (χ0v) is 17.5. The summed E-state index contributed by atoms with van der Waals surface area (Å²) >= 11 is 9.32. The maximum absolute atomic E-state index is 12.8. The fourth-order valence-electron chi connectivity index (χ4n) is 3.59. The van der Waals surface area contributed by atoms with Crippen LogP contribution < -0.4 is 5.56 Å². The number of hydrogen-bond acceptors (Lipinski definition) is 5. The first-order chi connectivity index (χ1) is 12.4. The summed E-state index contributed by atoms with van der Waals surface area (Å²) in [7, 11) is 2.05. The molecule has 0 amide bonds. The molecule has 1 aliphatic rings. The molecule has 3 aromatic rings. The molecular weight excluding hydrogens is 386 g/mol. The summed E-state index contributed by atoms with van der Waals surface area (Å²) in [4.78, 5) is 26.3. The number of aromatic nitrogens is 2. The molecule has 0 aromatic carbocycles. The van der Waals surface area contributed by atoms with Crippen LogP contribution in [-0.2, 0) is 19.4 Å². The number of H-pyrrole nitrogens is 1. The van der Waals surface area contributed by atoms with Crippen molar-refractivity contribution in [1.29, 1.82) is 0 Å². The quantitative estimate of drug-likeness (QED) is 0.660. The lowest BCUT2D eigenvalue weighted by Crippen LogP contribution is -2.25. The Morgan fingerprint density at radius 3 is 2.96 bits per heavy atom. The molecule has 4 rings (SSSR count). The highest BCUT2D eigenvalue weighted by Crippen LogP contribution is 2.36. The molecule has 0 radical (unpaired) electrons. The Kier molecular flexibility index (Phi) is 4.94. The first-order valence-corrected chi connectivity index (χ1v) is 10.9. The van der Waals surface area contributed by atoms with Gasteiger partial charge in [0.25, 0.3) is 5.56 Å². The van der Waals surface area contributed by atoms with Crippen LogP contribution in [0.4, 0.5) is 0 Å². The zero-order valence-electron chi connectivity index (χ0n) is 15.1. The van der Waals surface area contributed by atoms with Gasteiger partial charge in [0.2, 0.25) is 0 Å². The third kappa shape index (κ3) is 3.36. The van der Waals surface area contributed by atoms with Gasteiger partial charge in [0.1, 0.15) is 10.7 Å². The summed E-state index contributed by atoms with van der Waals surface area (Å²) in [5, 5.41) is 0.820. The van der Waals surface area contributed by atoms with Crippen LogP contribution in [0.1, 0.15) is 47.5 Å². The van der Waals surface area contributed by atoms with E-state index in [-0.39, 0.29) is 11.6 Å². The highest BCUT2D eigenvalue weighted by Gasteiger charge is 2.24. The second kappa shape index (κ2) is 7.08. The molecule has 4 nitrogen and oxygen atoms in total. The third-order valence-electron chi connectivity index (χ3n) is 5.27. The van der Waals surface area contributed by atoms with Gasteiger partial charge in [-0.25, -0.2) is 4.98 Å². The lowest BCUT2D eigenvalue weighted by Gasteiger charge is -2.23. The Balaban J connectivity index is 1.65. The minimum absolute atomic E-state index is 0.0106. The SMILES string of the molecule is C[C@H]1CCc2c(sc3nc([C@@H](C)N(C)Cc4ccc(Cl)s4)[nH]c(=O)c23)C1. The van der Waals surface area contributed by atoms with Crippen molar-refractivity contribution in [3.05, 3.63) is 48.0 Å². The molecule has 0 spiro atoms. The fourth-order valence-corrected chi connectivity index (χ4v) is 6.13. The molecule has 2 atom stereocenters. The monoisotopic (exact) mass is 407 g/mol. The van der Waals surface area contributed by atoms with Crippen molar-refractivity contribution in [3.63, 3.8) is 0 Å². The average molecular weight is 408 g/mol. The Hall–Kier alpha value is -1.21. The number of nitrogens with zero attached hydrogens (tertiary/aromatic N) is 2. The number of hydrogen-bond donors (Lipinski definition) is 1. The van der Waals surface area contributed by atoms with E-state index in [0.29, 0.717) is 5.92 Å². The van der Waals surface area contributed by atoms with Crippen molar-refractivity contribution in [3.8, 4) is 0 Å². The smallest absolute Gasteiger partial charge is 0.259 e. The van der Waals surface area contributed by atoms with Crippen molar-refractivity contribution in [2.75, 3.05) is 7.05 Å². The molecule has 3 aromatic heterocycles. The van der Waals surface area contributed by atoms with E-state index in [1.54, 1.807) is 22.7 Å². The molecule has 0 saturated carbocycles. The maximum Gasteiger partial charge on any atom is 0.259 e. The van der Waals surface area contributed by atoms with Crippen molar-refractivity contribution in [2.24, 2.45) is 5.92 Å². The van der Waals surface area contributed by atoms with Crippen molar-refractivity contribution in [2.45, 2.75) is 45.7 Å². The summed E-state index contributed by atoms with van der Waals surface area (Å²) in [5.41, 5.74) is 1.24. The minimum atomic E-state index is 0.0106. The highest BCUT2D eigenvalue weighted by molar-refractivity contribution is 7.18. The third-order valence-corrected chi connectivity index (χ3v) is 7.64. The van der Waals surface area contributed by atoms with Gasteiger partial charge in [0.15, 0.2) is 0 Å². The lowest BCUT2D eigenvalue weighted by molar-refractivity contribution is 0.246. The normalized spacial score (nSPS) is 18.4. The molecule has 26 heavy (non-hydrogen) atoms. The summed E-state index contributed by atoms with van der Waals surface area (Å²) in [6.45, 7) is 5.14. The van der Waals surface area contributed by atoms with Crippen molar-refractivity contribution in [1.82, 2.24) is 14.9 Å². The molecule has 138 valence electrons. The lowest BCUT2D eigenvalue weighted by atomic mass is 9.89. The fraction of sp³-hybridized carbons (Fsp3) is 0.474. The van der Waals surface area contributed by atoms with E-state index >= 15 is 0 Å². The van der Waals surface area contributed by atoms with Gasteiger partial charge in [-0.15, -0.1) is 22.7 Å². The van der Waals surface area contributed by atoms with E-state index in [2.05, 4.69) is 23.7 Å². The van der Waals surface area contributed by atoms with E-state index in [9.17, 15) is 4.79 Å². The van der Waals surface area contributed by atoms with Crippen LogP contribution >= 0.6 is 34.3 Å². The number of aryl methyl sites for hydroxylation is 1. The molecular formula is C19H22ClN3OS2. The Bertz CT molecular complexity index is 1010. The van der Waals surface area contributed by atoms with Crippen LogP contribution in [0.15, 0.2) is 16.9 Å². The van der Waals surface area contributed by atoms with Crippen molar-refractivity contribution < 1.29 is 0 Å². The van der Waals surface area contributed by atoms with Gasteiger partial charge in [-0.2, -0.15) is 0 Å². The largest absolute Gasteiger partial charge is 0.309 e. The predicted octanol–water partition coefficient (Wildman–Crippen LogP) is 5.02. The molecule has 7 heteroatoms. The van der Waals surface area contributed by atoms with Crippen LogP contribution in [0.2, 0.25) is 4.34 Å². The highest BCUT2D eigenvalue weighted by atomic mass is 35.5. The van der Waals surface area contributed by atoms with Crippen molar-refractivity contribution >= 4 is 44.5 Å². The molecule has 1 N–H and O–H groups in total. The van der Waals surface area contributed by atoms with E-state index in [1.807, 2.05) is 19.2 Å². The summed E-state index contributed by atoms with van der Waals surface area (Å²) in [6.07, 6.45) is 3.22. The van der Waals surface area contributed by atoms with Gasteiger partial charge >= 0.3 is 0 Å². The van der Waals surface area contributed by atoms with Crippen LogP contribution in [0.3, 0.4) is 0 Å². The summed E-state index contributed by atoms with van der Waals surface area (Å²) < 4.78 is 0.799. The van der Waals surface area contributed by atoms with Crippen LogP contribution in [-0.4, -0.2) is 21.9 Å². The first-order valence-electron chi connectivity index (χ1n) is 8.91. The van der Waals surface area contributed by atoms with Crippen LogP contribution in [0.25, 0.3) is 10.2 Å².